The molecule has 1 aliphatic rings. The first-order valence-electron chi connectivity index (χ1n) is 9.97. The lowest BCUT2D eigenvalue weighted by molar-refractivity contribution is 0.264. The third kappa shape index (κ3) is 3.38. The first kappa shape index (κ1) is 17.9. The SMILES string of the molecule is CN1CCC(Nc2ccc3c(=O)n(-c4ccc5nn(C)cc5c4)cnc3c2)CC1. The van der Waals surface area contributed by atoms with Gasteiger partial charge in [0.2, 0.25) is 0 Å². The number of hydrogen-bond donors (Lipinski definition) is 1. The van der Waals surface area contributed by atoms with E-state index in [2.05, 4.69) is 27.3 Å². The Morgan fingerprint density at radius 1 is 1.03 bits per heavy atom. The summed E-state index contributed by atoms with van der Waals surface area (Å²) in [6.45, 7) is 2.21. The average Bonchev–Trinajstić information content (AvgIpc) is 3.09. The van der Waals surface area contributed by atoms with E-state index < -0.39 is 0 Å². The number of hydrogen-bond acceptors (Lipinski definition) is 5. The molecule has 0 saturated carbocycles. The number of nitrogens with one attached hydrogen (secondary N) is 1. The fourth-order valence-corrected chi connectivity index (χ4v) is 4.07. The second-order valence-corrected chi connectivity index (χ2v) is 7.92. The molecule has 4 aromatic rings. The van der Waals surface area contributed by atoms with Crippen LogP contribution in [0.15, 0.2) is 53.7 Å². The maximum absolute atomic E-state index is 13.1. The van der Waals surface area contributed by atoms with Crippen molar-refractivity contribution in [3.05, 3.63) is 59.3 Å². The van der Waals surface area contributed by atoms with Crippen molar-refractivity contribution in [1.82, 2.24) is 24.2 Å². The van der Waals surface area contributed by atoms with Gasteiger partial charge in [-0.1, -0.05) is 0 Å². The van der Waals surface area contributed by atoms with Crippen molar-refractivity contribution < 1.29 is 0 Å². The van der Waals surface area contributed by atoms with Gasteiger partial charge in [-0.15, -0.1) is 0 Å². The second kappa shape index (κ2) is 7.00. The lowest BCUT2D eigenvalue weighted by Crippen LogP contribution is -2.36. The van der Waals surface area contributed by atoms with Crippen molar-refractivity contribution in [3.63, 3.8) is 0 Å². The average molecular weight is 388 g/mol. The van der Waals surface area contributed by atoms with Crippen LogP contribution in [-0.2, 0) is 7.05 Å². The summed E-state index contributed by atoms with van der Waals surface area (Å²) in [7, 11) is 4.05. The molecule has 0 amide bonds. The van der Waals surface area contributed by atoms with Gasteiger partial charge >= 0.3 is 0 Å². The third-order valence-corrected chi connectivity index (χ3v) is 5.73. The summed E-state index contributed by atoms with van der Waals surface area (Å²) in [4.78, 5) is 20.0. The van der Waals surface area contributed by atoms with Crippen molar-refractivity contribution in [1.29, 1.82) is 0 Å². The van der Waals surface area contributed by atoms with Gasteiger partial charge < -0.3 is 10.2 Å². The van der Waals surface area contributed by atoms with Crippen LogP contribution < -0.4 is 10.9 Å². The highest BCUT2D eigenvalue weighted by Gasteiger charge is 2.16. The molecule has 3 heterocycles. The summed E-state index contributed by atoms with van der Waals surface area (Å²) in [5, 5.41) is 9.60. The number of likely N-dealkylation sites (tertiary alicyclic amines) is 1. The highest BCUT2D eigenvalue weighted by molar-refractivity contribution is 5.83. The maximum Gasteiger partial charge on any atom is 0.265 e. The number of anilines is 1. The number of rotatable bonds is 3. The minimum absolute atomic E-state index is 0.0657. The second-order valence-electron chi connectivity index (χ2n) is 7.92. The molecular weight excluding hydrogens is 364 g/mol. The van der Waals surface area contributed by atoms with Gasteiger partial charge in [0.25, 0.3) is 5.56 Å². The van der Waals surface area contributed by atoms with Crippen molar-refractivity contribution in [3.8, 4) is 5.69 Å². The smallest absolute Gasteiger partial charge is 0.265 e. The normalized spacial score (nSPS) is 15.9. The number of nitrogens with zero attached hydrogens (tertiary/aromatic N) is 5. The standard InChI is InChI=1S/C22H24N6O/c1-26-9-7-16(8-10-26)24-17-3-5-19-21(12-17)23-14-28(22(19)29)18-4-6-20-15(11-18)13-27(2)25-20/h3-6,11-14,16,24H,7-10H2,1-2H3. The molecule has 1 N–H and O–H groups in total. The molecule has 0 atom stereocenters. The van der Waals surface area contributed by atoms with Gasteiger partial charge in [0.1, 0.15) is 6.33 Å². The topological polar surface area (TPSA) is 68.0 Å². The zero-order chi connectivity index (χ0) is 20.0. The molecule has 29 heavy (non-hydrogen) atoms. The van der Waals surface area contributed by atoms with E-state index in [4.69, 9.17) is 0 Å². The van der Waals surface area contributed by atoms with Crippen molar-refractivity contribution in [2.45, 2.75) is 18.9 Å². The van der Waals surface area contributed by atoms with Crippen LogP contribution in [-0.4, -0.2) is 50.4 Å². The minimum Gasteiger partial charge on any atom is -0.382 e. The van der Waals surface area contributed by atoms with E-state index in [0.717, 1.165) is 48.2 Å². The first-order valence-corrected chi connectivity index (χ1v) is 9.97. The number of aryl methyl sites for hydroxylation is 1. The number of aromatic nitrogens is 4. The van der Waals surface area contributed by atoms with Crippen LogP contribution >= 0.6 is 0 Å². The summed E-state index contributed by atoms with van der Waals surface area (Å²) in [6.07, 6.45) is 5.81. The summed E-state index contributed by atoms with van der Waals surface area (Å²) in [5.41, 5.74) is 3.37. The van der Waals surface area contributed by atoms with Gasteiger partial charge in [-0.05, 0) is 69.4 Å². The van der Waals surface area contributed by atoms with E-state index in [1.165, 1.54) is 0 Å². The molecule has 1 saturated heterocycles. The van der Waals surface area contributed by atoms with Crippen molar-refractivity contribution in [2.75, 3.05) is 25.5 Å². The zero-order valence-corrected chi connectivity index (χ0v) is 16.7. The van der Waals surface area contributed by atoms with E-state index in [1.807, 2.05) is 49.6 Å². The Hall–Kier alpha value is -3.19. The molecule has 7 heteroatoms. The van der Waals surface area contributed by atoms with Crippen LogP contribution in [0.2, 0.25) is 0 Å². The lowest BCUT2D eigenvalue weighted by atomic mass is 10.1. The molecule has 0 aliphatic carbocycles. The molecule has 0 bridgehead atoms. The van der Waals surface area contributed by atoms with Gasteiger partial charge in [0.05, 0.1) is 22.1 Å². The predicted molar refractivity (Wildman–Crippen MR) is 116 cm³/mol. The summed E-state index contributed by atoms with van der Waals surface area (Å²) >= 11 is 0. The van der Waals surface area contributed by atoms with Gasteiger partial charge in [-0.25, -0.2) is 4.98 Å². The Labute approximate surface area is 168 Å². The number of benzene rings is 2. The van der Waals surface area contributed by atoms with Crippen LogP contribution in [0, 0.1) is 0 Å². The van der Waals surface area contributed by atoms with E-state index >= 15 is 0 Å². The molecule has 7 nitrogen and oxygen atoms in total. The molecule has 148 valence electrons. The van der Waals surface area contributed by atoms with Gasteiger partial charge in [0, 0.05) is 30.4 Å². The Balaban J connectivity index is 1.47. The van der Waals surface area contributed by atoms with E-state index in [9.17, 15) is 4.79 Å². The molecule has 2 aromatic carbocycles. The van der Waals surface area contributed by atoms with E-state index in [-0.39, 0.29) is 5.56 Å². The largest absolute Gasteiger partial charge is 0.382 e. The van der Waals surface area contributed by atoms with Crippen molar-refractivity contribution >= 4 is 27.5 Å². The molecule has 2 aromatic heterocycles. The minimum atomic E-state index is -0.0657. The van der Waals surface area contributed by atoms with E-state index in [0.29, 0.717) is 16.9 Å². The fraction of sp³-hybridized carbons (Fsp3) is 0.318. The molecule has 5 rings (SSSR count). The highest BCUT2D eigenvalue weighted by atomic mass is 16.1. The van der Waals surface area contributed by atoms with Crippen LogP contribution in [0.3, 0.4) is 0 Å². The summed E-state index contributed by atoms with van der Waals surface area (Å²) in [6, 6.07) is 12.1. The Bertz CT molecular complexity index is 1250. The molecule has 0 unspecified atom stereocenters. The van der Waals surface area contributed by atoms with Crippen LogP contribution in [0.5, 0.6) is 0 Å². The first-order chi connectivity index (χ1) is 14.1. The van der Waals surface area contributed by atoms with Gasteiger partial charge in [-0.2, -0.15) is 5.10 Å². The molecular formula is C22H24N6O. The quantitative estimate of drug-likeness (QED) is 0.585. The monoisotopic (exact) mass is 388 g/mol. The zero-order valence-electron chi connectivity index (χ0n) is 16.7. The summed E-state index contributed by atoms with van der Waals surface area (Å²) in [5.74, 6) is 0. The van der Waals surface area contributed by atoms with E-state index in [1.54, 1.807) is 15.6 Å². The van der Waals surface area contributed by atoms with Gasteiger partial charge in [-0.3, -0.25) is 14.0 Å². The third-order valence-electron chi connectivity index (χ3n) is 5.73. The Kier molecular flexibility index (Phi) is 4.32. The summed E-state index contributed by atoms with van der Waals surface area (Å²) < 4.78 is 3.37. The Morgan fingerprint density at radius 2 is 1.86 bits per heavy atom. The highest BCUT2D eigenvalue weighted by Crippen LogP contribution is 2.20. The molecule has 1 aliphatic heterocycles. The lowest BCUT2D eigenvalue weighted by Gasteiger charge is -2.30. The van der Waals surface area contributed by atoms with Crippen LogP contribution in [0.4, 0.5) is 5.69 Å². The Morgan fingerprint density at radius 3 is 2.69 bits per heavy atom. The van der Waals surface area contributed by atoms with Gasteiger partial charge in [0.15, 0.2) is 0 Å². The van der Waals surface area contributed by atoms with Crippen molar-refractivity contribution in [2.24, 2.45) is 7.05 Å². The van der Waals surface area contributed by atoms with Crippen LogP contribution in [0.1, 0.15) is 12.8 Å². The van der Waals surface area contributed by atoms with Crippen LogP contribution in [0.25, 0.3) is 27.5 Å². The molecule has 1 fully saturated rings. The number of fused-ring (bicyclic) bond motifs is 2. The predicted octanol–water partition coefficient (Wildman–Crippen LogP) is 2.78. The molecule has 0 radical (unpaired) electrons. The molecule has 0 spiro atoms. The fourth-order valence-electron chi connectivity index (χ4n) is 4.07. The maximum atomic E-state index is 13.1. The number of piperidine rings is 1.